The van der Waals surface area contributed by atoms with Crippen molar-refractivity contribution in [2.24, 2.45) is 0 Å². The predicted octanol–water partition coefficient (Wildman–Crippen LogP) is 2.42. The molecule has 0 unspecified atom stereocenters. The van der Waals surface area contributed by atoms with Crippen molar-refractivity contribution in [3.63, 3.8) is 0 Å². The van der Waals surface area contributed by atoms with Gasteiger partial charge in [0, 0.05) is 11.9 Å². The van der Waals surface area contributed by atoms with Gasteiger partial charge in [-0.1, -0.05) is 0 Å². The van der Waals surface area contributed by atoms with Crippen LogP contribution in [0.15, 0.2) is 17.1 Å². The lowest BCUT2D eigenvalue weighted by molar-refractivity contribution is -0.141. The maximum Gasteiger partial charge on any atom is 0.475 e. The minimum atomic E-state index is -4.08. The van der Waals surface area contributed by atoms with Gasteiger partial charge >= 0.3 is 19.4 Å². The largest absolute Gasteiger partial charge is 0.475 e. The second-order valence-corrected chi connectivity index (χ2v) is 8.53. The molecule has 28 heavy (non-hydrogen) atoms. The van der Waals surface area contributed by atoms with Crippen molar-refractivity contribution in [2.75, 3.05) is 6.61 Å². The summed E-state index contributed by atoms with van der Waals surface area (Å²) in [5, 5.41) is 9.99. The minimum absolute atomic E-state index is 0.348. The van der Waals surface area contributed by atoms with Crippen LogP contribution in [0.5, 0.6) is 0 Å². The minimum Gasteiger partial charge on any atom is -0.384 e. The summed E-state index contributed by atoms with van der Waals surface area (Å²) in [7, 11) is -4.08. The molecule has 1 aromatic heterocycles. The van der Waals surface area contributed by atoms with Crippen molar-refractivity contribution in [1.29, 1.82) is 0 Å². The van der Waals surface area contributed by atoms with Crippen LogP contribution in [-0.4, -0.2) is 51.6 Å². The van der Waals surface area contributed by atoms with Crippen LogP contribution < -0.4 is 5.69 Å². The summed E-state index contributed by atoms with van der Waals surface area (Å²) in [5.41, 5.74) is -0.601. The highest BCUT2D eigenvalue weighted by Crippen LogP contribution is 2.52. The van der Waals surface area contributed by atoms with Crippen molar-refractivity contribution in [2.45, 2.75) is 71.2 Å². The monoisotopic (exact) mass is 426 g/mol. The molecule has 1 aromatic rings. The lowest BCUT2D eigenvalue weighted by Gasteiger charge is -2.23. The number of halogens is 2. The lowest BCUT2D eigenvalue weighted by Crippen LogP contribution is -2.42. The first-order chi connectivity index (χ1) is 12.9. The number of ether oxygens (including phenoxy) is 1. The highest BCUT2D eigenvalue weighted by molar-refractivity contribution is 7.48. The molecule has 1 aliphatic rings. The number of nitrogens with zero attached hydrogens (tertiary/aromatic N) is 2. The topological polar surface area (TPSA) is 109 Å². The van der Waals surface area contributed by atoms with Crippen LogP contribution in [0.25, 0.3) is 0 Å². The van der Waals surface area contributed by atoms with E-state index >= 15 is 0 Å². The average Bonchev–Trinajstić information content (AvgIpc) is 2.75. The van der Waals surface area contributed by atoms with E-state index in [4.69, 9.17) is 18.3 Å². The van der Waals surface area contributed by atoms with E-state index in [0.29, 0.717) is 10.3 Å². The van der Waals surface area contributed by atoms with E-state index in [1.165, 1.54) is 13.0 Å². The van der Waals surface area contributed by atoms with Crippen molar-refractivity contribution in [1.82, 2.24) is 9.55 Å². The molecule has 0 aliphatic carbocycles. The van der Waals surface area contributed by atoms with Gasteiger partial charge in [0.2, 0.25) is 6.23 Å². The van der Waals surface area contributed by atoms with E-state index in [1.54, 1.807) is 27.7 Å². The number of aryl methyl sites for hydroxylation is 1. The van der Waals surface area contributed by atoms with Gasteiger partial charge in [0.25, 0.3) is 0 Å². The Morgan fingerprint density at radius 2 is 1.89 bits per heavy atom. The molecular formula is C16H25F2N2O7P. The fourth-order valence-corrected chi connectivity index (χ4v) is 4.08. The maximum absolute atomic E-state index is 14.5. The van der Waals surface area contributed by atoms with Crippen LogP contribution in [0.1, 0.15) is 39.6 Å². The number of alkyl halides is 2. The quantitative estimate of drug-likeness (QED) is 0.632. The molecule has 1 aliphatic heterocycles. The van der Waals surface area contributed by atoms with E-state index in [9.17, 15) is 23.2 Å². The molecule has 1 saturated heterocycles. The van der Waals surface area contributed by atoms with E-state index in [1.807, 2.05) is 0 Å². The SMILES string of the molecule is Cc1ccn([C@@H]2O[C@H](COP(=O)(OC(C)C)OC(C)C)[C@@H](O)C2(F)F)c(=O)n1. The highest BCUT2D eigenvalue weighted by Gasteiger charge is 2.60. The Kier molecular flexibility index (Phi) is 7.12. The maximum atomic E-state index is 14.5. The van der Waals surface area contributed by atoms with E-state index in [2.05, 4.69) is 4.98 Å². The number of hydrogen-bond donors (Lipinski definition) is 1. The second-order valence-electron chi connectivity index (χ2n) is 6.96. The van der Waals surface area contributed by atoms with E-state index in [0.717, 1.165) is 6.20 Å². The molecule has 0 bridgehead atoms. The van der Waals surface area contributed by atoms with Crippen LogP contribution >= 0.6 is 7.82 Å². The Bertz CT molecular complexity index is 773. The first-order valence-electron chi connectivity index (χ1n) is 8.74. The van der Waals surface area contributed by atoms with Crippen molar-refractivity contribution >= 4 is 7.82 Å². The molecule has 0 saturated carbocycles. The molecule has 1 N–H and O–H groups in total. The normalized spacial score (nSPS) is 25.0. The highest BCUT2D eigenvalue weighted by atomic mass is 31.2. The molecule has 3 atom stereocenters. The molecule has 2 heterocycles. The van der Waals surface area contributed by atoms with Crippen LogP contribution in [0, 0.1) is 6.92 Å². The number of aliphatic hydroxyl groups excluding tert-OH is 1. The van der Waals surface area contributed by atoms with Gasteiger partial charge in [-0.3, -0.25) is 18.1 Å². The molecule has 0 aromatic carbocycles. The summed E-state index contributed by atoms with van der Waals surface area (Å²) in [4.78, 5) is 15.5. The molecule has 0 radical (unpaired) electrons. The zero-order chi connectivity index (χ0) is 21.3. The number of rotatable bonds is 8. The molecule has 0 spiro atoms. The van der Waals surface area contributed by atoms with Gasteiger partial charge in [-0.05, 0) is 40.7 Å². The van der Waals surface area contributed by atoms with Crippen LogP contribution in [-0.2, 0) is 22.9 Å². The molecule has 12 heteroatoms. The first-order valence-corrected chi connectivity index (χ1v) is 10.2. The standard InChI is InChI=1S/C16H25F2N2O7P/c1-9(2)26-28(23,27-10(3)4)24-8-12-13(21)16(17,18)14(25-12)20-7-6-11(5)19-15(20)22/h6-7,9-10,12-14,21H,8H2,1-5H3/t12-,13-,14-/m1/s1. The number of phosphoric acid groups is 1. The smallest absolute Gasteiger partial charge is 0.384 e. The van der Waals surface area contributed by atoms with Gasteiger partial charge < -0.3 is 9.84 Å². The third kappa shape index (κ3) is 5.22. The predicted molar refractivity (Wildman–Crippen MR) is 94.1 cm³/mol. The summed E-state index contributed by atoms with van der Waals surface area (Å²) in [6.45, 7) is 7.23. The molecule has 0 amide bonds. The zero-order valence-corrected chi connectivity index (χ0v) is 17.1. The Morgan fingerprint density at radius 3 is 2.39 bits per heavy atom. The van der Waals surface area contributed by atoms with Crippen LogP contribution in [0.2, 0.25) is 0 Å². The Balaban J connectivity index is 2.18. The molecule has 2 rings (SSSR count). The number of phosphoric ester groups is 1. The van der Waals surface area contributed by atoms with Crippen molar-refractivity contribution in [3.05, 3.63) is 28.4 Å². The molecular weight excluding hydrogens is 401 g/mol. The average molecular weight is 426 g/mol. The van der Waals surface area contributed by atoms with Gasteiger partial charge in [0.15, 0.2) is 6.10 Å². The van der Waals surface area contributed by atoms with Crippen LogP contribution in [0.4, 0.5) is 8.78 Å². The number of aliphatic hydroxyl groups is 1. The van der Waals surface area contributed by atoms with Gasteiger partial charge in [-0.15, -0.1) is 0 Å². The van der Waals surface area contributed by atoms with Gasteiger partial charge in [-0.2, -0.15) is 13.8 Å². The number of hydrogen-bond acceptors (Lipinski definition) is 8. The Labute approximate surface area is 161 Å². The van der Waals surface area contributed by atoms with Crippen molar-refractivity contribution in [3.8, 4) is 0 Å². The van der Waals surface area contributed by atoms with E-state index in [-0.39, 0.29) is 0 Å². The molecule has 160 valence electrons. The molecule has 1 fully saturated rings. The lowest BCUT2D eigenvalue weighted by atomic mass is 10.1. The summed E-state index contributed by atoms with van der Waals surface area (Å²) >= 11 is 0. The number of aromatic nitrogens is 2. The first kappa shape index (κ1) is 23.1. The fraction of sp³-hybridized carbons (Fsp3) is 0.750. The zero-order valence-electron chi connectivity index (χ0n) is 16.2. The Hall–Kier alpha value is -1.23. The van der Waals surface area contributed by atoms with Gasteiger partial charge in [0.1, 0.15) is 6.10 Å². The third-order valence-corrected chi connectivity index (χ3v) is 5.50. The molecule has 9 nitrogen and oxygen atoms in total. The summed E-state index contributed by atoms with van der Waals surface area (Å²) in [6, 6.07) is 1.36. The third-order valence-electron chi connectivity index (χ3n) is 3.68. The summed E-state index contributed by atoms with van der Waals surface area (Å²) in [6.07, 6.45) is -5.91. The van der Waals surface area contributed by atoms with Crippen molar-refractivity contribution < 1.29 is 36.8 Å². The van der Waals surface area contributed by atoms with Crippen LogP contribution in [0.3, 0.4) is 0 Å². The second kappa shape index (κ2) is 8.64. The van der Waals surface area contributed by atoms with E-state index < -0.39 is 56.7 Å². The summed E-state index contributed by atoms with van der Waals surface area (Å²) < 4.78 is 62.9. The van der Waals surface area contributed by atoms with Gasteiger partial charge in [-0.25, -0.2) is 9.36 Å². The summed E-state index contributed by atoms with van der Waals surface area (Å²) in [5.74, 6) is -3.81. The Morgan fingerprint density at radius 1 is 1.32 bits per heavy atom. The van der Waals surface area contributed by atoms with Gasteiger partial charge in [0.05, 0.1) is 18.8 Å². The fourth-order valence-electron chi connectivity index (χ4n) is 2.55.